The average Bonchev–Trinajstić information content (AvgIpc) is 3.24. The minimum absolute atomic E-state index is 0.771. The van der Waals surface area contributed by atoms with E-state index in [0.717, 1.165) is 65.7 Å². The molecule has 0 aliphatic carbocycles. The molecule has 0 radical (unpaired) electrons. The SMILES string of the molecule is CN(C)c1noc2ccc(-c3ccnc(Nc4cccc(N5CCOCC5)c4)c3)cc12. The maximum absolute atomic E-state index is 5.46. The van der Waals surface area contributed by atoms with Gasteiger partial charge in [-0.3, -0.25) is 0 Å². The number of aromatic nitrogens is 2. The lowest BCUT2D eigenvalue weighted by Crippen LogP contribution is -2.36. The van der Waals surface area contributed by atoms with Gasteiger partial charge in [0.2, 0.25) is 0 Å². The Morgan fingerprint density at radius 1 is 0.968 bits per heavy atom. The number of pyridine rings is 1. The normalized spacial score (nSPS) is 14.1. The molecule has 3 heterocycles. The van der Waals surface area contributed by atoms with Crippen molar-refractivity contribution >= 4 is 34.0 Å². The molecule has 2 aromatic heterocycles. The summed E-state index contributed by atoms with van der Waals surface area (Å²) in [7, 11) is 3.92. The molecule has 1 fully saturated rings. The second-order valence-electron chi connectivity index (χ2n) is 7.82. The van der Waals surface area contributed by atoms with Crippen molar-refractivity contribution in [2.24, 2.45) is 0 Å². The van der Waals surface area contributed by atoms with Crippen LogP contribution in [0.15, 0.2) is 65.3 Å². The molecule has 4 aromatic rings. The highest BCUT2D eigenvalue weighted by Gasteiger charge is 2.13. The lowest BCUT2D eigenvalue weighted by atomic mass is 10.0. The summed E-state index contributed by atoms with van der Waals surface area (Å²) in [5.41, 5.74) is 5.15. The highest BCUT2D eigenvalue weighted by molar-refractivity contribution is 5.92. The molecule has 1 saturated heterocycles. The fourth-order valence-electron chi connectivity index (χ4n) is 3.86. The Kier molecular flexibility index (Phi) is 5.18. The van der Waals surface area contributed by atoms with E-state index in [2.05, 4.69) is 56.8 Å². The number of ether oxygens (including phenoxy) is 1. The maximum atomic E-state index is 5.46. The Morgan fingerprint density at radius 3 is 2.65 bits per heavy atom. The van der Waals surface area contributed by atoms with E-state index in [0.29, 0.717) is 0 Å². The van der Waals surface area contributed by atoms with Crippen LogP contribution in [0.3, 0.4) is 0 Å². The maximum Gasteiger partial charge on any atom is 0.179 e. The van der Waals surface area contributed by atoms with Gasteiger partial charge in [-0.1, -0.05) is 17.3 Å². The average molecular weight is 415 g/mol. The van der Waals surface area contributed by atoms with Crippen molar-refractivity contribution in [1.82, 2.24) is 10.1 Å². The molecule has 0 bridgehead atoms. The Labute approximate surface area is 181 Å². The quantitative estimate of drug-likeness (QED) is 0.513. The summed E-state index contributed by atoms with van der Waals surface area (Å²) >= 11 is 0. The molecule has 1 aliphatic heterocycles. The van der Waals surface area contributed by atoms with Gasteiger partial charge in [-0.05, 0) is 53.6 Å². The van der Waals surface area contributed by atoms with Crippen LogP contribution in [0, 0.1) is 0 Å². The number of hydrogen-bond acceptors (Lipinski definition) is 7. The number of benzene rings is 2. The van der Waals surface area contributed by atoms with Gasteiger partial charge in [0.25, 0.3) is 0 Å². The highest BCUT2D eigenvalue weighted by atomic mass is 16.5. The van der Waals surface area contributed by atoms with E-state index in [1.165, 1.54) is 5.69 Å². The minimum atomic E-state index is 0.771. The Balaban J connectivity index is 1.41. The monoisotopic (exact) mass is 415 g/mol. The van der Waals surface area contributed by atoms with Gasteiger partial charge >= 0.3 is 0 Å². The van der Waals surface area contributed by atoms with E-state index in [1.54, 1.807) is 0 Å². The van der Waals surface area contributed by atoms with Gasteiger partial charge in [0.15, 0.2) is 11.4 Å². The minimum Gasteiger partial charge on any atom is -0.378 e. The summed E-state index contributed by atoms with van der Waals surface area (Å²) in [4.78, 5) is 8.81. The summed E-state index contributed by atoms with van der Waals surface area (Å²) in [6.45, 7) is 3.37. The first kappa shape index (κ1) is 19.4. The largest absolute Gasteiger partial charge is 0.378 e. The van der Waals surface area contributed by atoms with Crippen molar-refractivity contribution in [2.45, 2.75) is 0 Å². The van der Waals surface area contributed by atoms with Crippen molar-refractivity contribution in [2.75, 3.05) is 55.5 Å². The number of fused-ring (bicyclic) bond motifs is 1. The molecule has 2 aromatic carbocycles. The predicted octanol–water partition coefficient (Wildman–Crippen LogP) is 4.54. The molecule has 7 heteroatoms. The molecule has 0 saturated carbocycles. The third-order valence-corrected chi connectivity index (χ3v) is 5.46. The third kappa shape index (κ3) is 4.04. The van der Waals surface area contributed by atoms with Crippen LogP contribution in [0.25, 0.3) is 22.1 Å². The van der Waals surface area contributed by atoms with Crippen LogP contribution < -0.4 is 15.1 Å². The first-order chi connectivity index (χ1) is 15.2. The molecule has 0 unspecified atom stereocenters. The summed E-state index contributed by atoms with van der Waals surface area (Å²) < 4.78 is 10.9. The number of anilines is 4. The van der Waals surface area contributed by atoms with E-state index in [1.807, 2.05) is 43.4 Å². The Bertz CT molecular complexity index is 1200. The Hall–Kier alpha value is -3.58. The standard InChI is InChI=1S/C24H25N5O2/c1-28(2)24-21-14-17(6-7-22(21)31-27-24)18-8-9-25-23(15-18)26-19-4-3-5-20(16-19)29-10-12-30-13-11-29/h3-9,14-16H,10-13H2,1-2H3,(H,25,26). The van der Waals surface area contributed by atoms with Gasteiger partial charge in [0.1, 0.15) is 5.82 Å². The zero-order valence-corrected chi connectivity index (χ0v) is 17.7. The van der Waals surface area contributed by atoms with Gasteiger partial charge in [-0.2, -0.15) is 0 Å². The molecule has 1 aliphatic rings. The Morgan fingerprint density at radius 2 is 1.81 bits per heavy atom. The van der Waals surface area contributed by atoms with Crippen LogP contribution in [0.2, 0.25) is 0 Å². The van der Waals surface area contributed by atoms with Crippen molar-refractivity contribution in [1.29, 1.82) is 0 Å². The number of rotatable bonds is 5. The summed E-state index contributed by atoms with van der Waals surface area (Å²) in [6, 6.07) is 18.6. The second kappa shape index (κ2) is 8.28. The molecule has 0 amide bonds. The number of morpholine rings is 1. The molecule has 1 N–H and O–H groups in total. The van der Waals surface area contributed by atoms with Gasteiger partial charge < -0.3 is 24.4 Å². The predicted molar refractivity (Wildman–Crippen MR) is 124 cm³/mol. The molecule has 31 heavy (non-hydrogen) atoms. The van der Waals surface area contributed by atoms with E-state index in [4.69, 9.17) is 9.26 Å². The summed E-state index contributed by atoms with van der Waals surface area (Å²) in [6.07, 6.45) is 1.83. The van der Waals surface area contributed by atoms with Crippen molar-refractivity contribution in [3.05, 3.63) is 60.8 Å². The highest BCUT2D eigenvalue weighted by Crippen LogP contribution is 2.31. The van der Waals surface area contributed by atoms with Crippen LogP contribution in [-0.4, -0.2) is 50.5 Å². The van der Waals surface area contributed by atoms with E-state index in [9.17, 15) is 0 Å². The van der Waals surface area contributed by atoms with Crippen molar-refractivity contribution in [3.8, 4) is 11.1 Å². The second-order valence-corrected chi connectivity index (χ2v) is 7.82. The lowest BCUT2D eigenvalue weighted by Gasteiger charge is -2.29. The number of nitrogens with one attached hydrogen (secondary N) is 1. The zero-order valence-electron chi connectivity index (χ0n) is 17.7. The van der Waals surface area contributed by atoms with Crippen LogP contribution in [-0.2, 0) is 4.74 Å². The van der Waals surface area contributed by atoms with Crippen LogP contribution in [0.5, 0.6) is 0 Å². The summed E-state index contributed by atoms with van der Waals surface area (Å²) in [5.74, 6) is 1.62. The van der Waals surface area contributed by atoms with Gasteiger partial charge in [0.05, 0.1) is 18.6 Å². The van der Waals surface area contributed by atoms with Gasteiger partial charge in [0, 0.05) is 44.8 Å². The fraction of sp³-hybridized carbons (Fsp3) is 0.250. The molecule has 0 atom stereocenters. The fourth-order valence-corrected chi connectivity index (χ4v) is 3.86. The number of hydrogen-bond donors (Lipinski definition) is 1. The molecule has 7 nitrogen and oxygen atoms in total. The van der Waals surface area contributed by atoms with Crippen LogP contribution in [0.1, 0.15) is 0 Å². The zero-order chi connectivity index (χ0) is 21.2. The number of nitrogens with zero attached hydrogens (tertiary/aromatic N) is 4. The lowest BCUT2D eigenvalue weighted by molar-refractivity contribution is 0.122. The molecular formula is C24H25N5O2. The van der Waals surface area contributed by atoms with E-state index in [-0.39, 0.29) is 0 Å². The third-order valence-electron chi connectivity index (χ3n) is 5.46. The van der Waals surface area contributed by atoms with Crippen molar-refractivity contribution < 1.29 is 9.26 Å². The van der Waals surface area contributed by atoms with E-state index >= 15 is 0 Å². The van der Waals surface area contributed by atoms with Crippen molar-refractivity contribution in [3.63, 3.8) is 0 Å². The smallest absolute Gasteiger partial charge is 0.179 e. The first-order valence-corrected chi connectivity index (χ1v) is 10.4. The van der Waals surface area contributed by atoms with E-state index < -0.39 is 0 Å². The van der Waals surface area contributed by atoms with Gasteiger partial charge in [-0.15, -0.1) is 0 Å². The topological polar surface area (TPSA) is 66.7 Å². The molecule has 0 spiro atoms. The summed E-state index contributed by atoms with van der Waals surface area (Å²) in [5, 5.41) is 8.60. The van der Waals surface area contributed by atoms with Crippen LogP contribution in [0.4, 0.5) is 23.0 Å². The molecule has 5 rings (SSSR count). The van der Waals surface area contributed by atoms with Gasteiger partial charge in [-0.25, -0.2) is 4.98 Å². The van der Waals surface area contributed by atoms with Crippen LogP contribution >= 0.6 is 0 Å². The molecule has 158 valence electrons. The molecular weight excluding hydrogens is 390 g/mol. The first-order valence-electron chi connectivity index (χ1n) is 10.4.